The number of nitrogens with zero attached hydrogens (tertiary/aromatic N) is 1. The third-order valence-corrected chi connectivity index (χ3v) is 11.7. The summed E-state index contributed by atoms with van der Waals surface area (Å²) in [6.07, 6.45) is 0. The van der Waals surface area contributed by atoms with Crippen molar-refractivity contribution in [1.29, 1.82) is 0 Å². The molecular weight excluding hydrogens is 675 g/mol. The van der Waals surface area contributed by atoms with E-state index in [0.717, 1.165) is 17.1 Å². The van der Waals surface area contributed by atoms with Crippen LogP contribution in [0.1, 0.15) is 35.4 Å². The molecule has 0 bridgehead atoms. The Kier molecular flexibility index (Phi) is 8.61. The molecule has 9 aromatic rings. The molecule has 0 amide bonds. The number of rotatable bonds is 7. The zero-order chi connectivity index (χ0) is 37.4. The van der Waals surface area contributed by atoms with E-state index in [2.05, 4.69) is 230 Å². The topological polar surface area (TPSA) is 3.24 Å². The molecule has 0 saturated heterocycles. The lowest BCUT2D eigenvalue weighted by atomic mass is 9.69. The number of anilines is 3. The molecule has 266 valence electrons. The van der Waals surface area contributed by atoms with E-state index in [1.165, 1.54) is 72.0 Å². The largest absolute Gasteiger partial charge is 0.310 e. The fourth-order valence-electron chi connectivity index (χ4n) is 8.82. The van der Waals surface area contributed by atoms with Gasteiger partial charge in [0.15, 0.2) is 0 Å². The van der Waals surface area contributed by atoms with Gasteiger partial charge in [-0.1, -0.05) is 177 Å². The van der Waals surface area contributed by atoms with Gasteiger partial charge in [0.1, 0.15) is 0 Å². The lowest BCUT2D eigenvalue weighted by Crippen LogP contribution is -2.18. The zero-order valence-corrected chi connectivity index (χ0v) is 31.4. The van der Waals surface area contributed by atoms with Crippen LogP contribution in [0.15, 0.2) is 218 Å². The first kappa shape index (κ1) is 33.6. The summed E-state index contributed by atoms with van der Waals surface area (Å²) in [4.78, 5) is 2.41. The van der Waals surface area contributed by atoms with Gasteiger partial charge in [-0.25, -0.2) is 0 Å². The van der Waals surface area contributed by atoms with Crippen molar-refractivity contribution in [2.24, 2.45) is 0 Å². The summed E-state index contributed by atoms with van der Waals surface area (Å²) in [5, 5.41) is 2.51. The van der Waals surface area contributed by atoms with Crippen LogP contribution in [0.5, 0.6) is 0 Å². The van der Waals surface area contributed by atoms with Gasteiger partial charge in [0.25, 0.3) is 0 Å². The molecule has 1 nitrogen and oxygen atoms in total. The highest BCUT2D eigenvalue weighted by Crippen LogP contribution is 2.52. The summed E-state index contributed by atoms with van der Waals surface area (Å²) in [6, 6.07) is 80.0. The molecule has 1 heteroatoms. The summed E-state index contributed by atoms with van der Waals surface area (Å²) < 4.78 is 0. The summed E-state index contributed by atoms with van der Waals surface area (Å²) in [5.74, 6) is 0.473. The van der Waals surface area contributed by atoms with Crippen LogP contribution < -0.4 is 4.90 Å². The molecule has 0 aromatic heterocycles. The molecule has 0 saturated carbocycles. The molecule has 0 fully saturated rings. The molecular formula is C55H41N. The lowest BCUT2D eigenvalue weighted by molar-refractivity contribution is 0.650. The van der Waals surface area contributed by atoms with E-state index < -0.39 is 0 Å². The molecule has 0 radical (unpaired) electrons. The third-order valence-electron chi connectivity index (χ3n) is 11.7. The number of hydrogen-bond acceptors (Lipinski definition) is 1. The van der Waals surface area contributed by atoms with Gasteiger partial charge in [0, 0.05) is 23.0 Å². The van der Waals surface area contributed by atoms with Crippen LogP contribution in [0, 0.1) is 0 Å². The van der Waals surface area contributed by atoms with E-state index in [1.54, 1.807) is 0 Å². The minimum atomic E-state index is 0.220. The first-order chi connectivity index (χ1) is 27.7. The summed E-state index contributed by atoms with van der Waals surface area (Å²) in [7, 11) is 0. The molecule has 2 unspecified atom stereocenters. The maximum atomic E-state index is 2.45. The average Bonchev–Trinajstić information content (AvgIpc) is 3.28. The molecule has 9 aromatic carbocycles. The van der Waals surface area contributed by atoms with Gasteiger partial charge in [-0.3, -0.25) is 0 Å². The van der Waals surface area contributed by atoms with E-state index in [4.69, 9.17) is 0 Å². The van der Waals surface area contributed by atoms with Gasteiger partial charge in [0.05, 0.1) is 0 Å². The minimum Gasteiger partial charge on any atom is -0.310 e. The fourth-order valence-corrected chi connectivity index (χ4v) is 8.82. The number of fused-ring (bicyclic) bond motifs is 4. The predicted molar refractivity (Wildman–Crippen MR) is 237 cm³/mol. The van der Waals surface area contributed by atoms with E-state index in [9.17, 15) is 0 Å². The highest BCUT2D eigenvalue weighted by Gasteiger charge is 2.33. The van der Waals surface area contributed by atoms with Crippen LogP contribution in [0.3, 0.4) is 0 Å². The lowest BCUT2D eigenvalue weighted by Gasteiger charge is -2.36. The van der Waals surface area contributed by atoms with Crippen molar-refractivity contribution in [2.75, 3.05) is 4.90 Å². The van der Waals surface area contributed by atoms with Crippen molar-refractivity contribution in [3.05, 3.63) is 235 Å². The van der Waals surface area contributed by atoms with Gasteiger partial charge >= 0.3 is 0 Å². The van der Waals surface area contributed by atoms with Crippen LogP contribution in [-0.2, 0) is 0 Å². The van der Waals surface area contributed by atoms with E-state index in [-0.39, 0.29) is 11.8 Å². The van der Waals surface area contributed by atoms with Crippen LogP contribution in [0.2, 0.25) is 0 Å². The van der Waals surface area contributed by atoms with Crippen molar-refractivity contribution in [1.82, 2.24) is 0 Å². The summed E-state index contributed by atoms with van der Waals surface area (Å²) in [5.41, 5.74) is 17.5. The molecule has 56 heavy (non-hydrogen) atoms. The second-order valence-electron chi connectivity index (χ2n) is 15.0. The smallest absolute Gasteiger partial charge is 0.0464 e. The quantitative estimate of drug-likeness (QED) is 0.159. The predicted octanol–water partition coefficient (Wildman–Crippen LogP) is 15.2. The minimum absolute atomic E-state index is 0.220. The number of hydrogen-bond donors (Lipinski definition) is 0. The molecule has 10 rings (SSSR count). The first-order valence-electron chi connectivity index (χ1n) is 19.6. The van der Waals surface area contributed by atoms with Crippen LogP contribution in [-0.4, -0.2) is 0 Å². The maximum Gasteiger partial charge on any atom is 0.0464 e. The highest BCUT2D eigenvalue weighted by atomic mass is 15.1. The molecule has 1 aliphatic carbocycles. The highest BCUT2D eigenvalue weighted by molar-refractivity contribution is 5.89. The second-order valence-corrected chi connectivity index (χ2v) is 15.0. The first-order valence-corrected chi connectivity index (χ1v) is 19.6. The summed E-state index contributed by atoms with van der Waals surface area (Å²) >= 11 is 0. The fraction of sp³-hybridized carbons (Fsp3) is 0.0545. The molecule has 2 atom stereocenters. The Morgan fingerprint density at radius 1 is 0.321 bits per heavy atom. The molecule has 0 heterocycles. The normalized spacial score (nSPS) is 14.5. The summed E-state index contributed by atoms with van der Waals surface area (Å²) in [6.45, 7) is 2.41. The Labute approximate surface area is 329 Å². The standard InChI is InChI=1S/C55H41N/c1-38-53-37-50(32-34-51(53)52-33-27-47(40-15-7-3-8-16-40)36-54(52)55(38)44-18-9-4-10-19-44)56(48-28-23-42(24-29-48)39-13-5-2-6-14-39)49-30-25-43(26-31-49)46-22-21-41-17-11-12-20-45(41)35-46/h2-38,55H,1H3. The Morgan fingerprint density at radius 3 is 1.43 bits per heavy atom. The van der Waals surface area contributed by atoms with Crippen molar-refractivity contribution < 1.29 is 0 Å². The molecule has 1 aliphatic rings. The average molecular weight is 716 g/mol. The molecule has 0 N–H and O–H groups in total. The van der Waals surface area contributed by atoms with Crippen LogP contribution in [0.25, 0.3) is 55.3 Å². The van der Waals surface area contributed by atoms with Gasteiger partial charge in [-0.15, -0.1) is 0 Å². The van der Waals surface area contributed by atoms with E-state index in [0.29, 0.717) is 0 Å². The zero-order valence-electron chi connectivity index (χ0n) is 31.4. The molecule has 0 aliphatic heterocycles. The van der Waals surface area contributed by atoms with Crippen molar-refractivity contribution in [3.63, 3.8) is 0 Å². The third kappa shape index (κ3) is 6.18. The Bertz CT molecular complexity index is 2790. The Hall–Kier alpha value is -6.96. The van der Waals surface area contributed by atoms with E-state index in [1.807, 2.05) is 0 Å². The Balaban J connectivity index is 1.09. The SMILES string of the molecule is CC1c2cc(N(c3ccc(-c4ccccc4)cc3)c3ccc(-c4ccc5ccccc5c4)cc3)ccc2-c2ccc(-c3ccccc3)cc2C1c1ccccc1. The number of benzene rings is 9. The van der Waals surface area contributed by atoms with Gasteiger partial charge in [-0.2, -0.15) is 0 Å². The monoisotopic (exact) mass is 715 g/mol. The van der Waals surface area contributed by atoms with Gasteiger partial charge < -0.3 is 4.90 Å². The van der Waals surface area contributed by atoms with Crippen molar-refractivity contribution in [3.8, 4) is 44.5 Å². The van der Waals surface area contributed by atoms with Gasteiger partial charge in [0.2, 0.25) is 0 Å². The van der Waals surface area contributed by atoms with Gasteiger partial charge in [-0.05, 0) is 126 Å². The second kappa shape index (κ2) is 14.4. The maximum absolute atomic E-state index is 2.45. The van der Waals surface area contributed by atoms with Crippen molar-refractivity contribution >= 4 is 27.8 Å². The van der Waals surface area contributed by atoms with Crippen LogP contribution >= 0.6 is 0 Å². The van der Waals surface area contributed by atoms with E-state index >= 15 is 0 Å². The molecule has 0 spiro atoms. The van der Waals surface area contributed by atoms with Crippen LogP contribution in [0.4, 0.5) is 17.1 Å². The van der Waals surface area contributed by atoms with Crippen molar-refractivity contribution in [2.45, 2.75) is 18.8 Å². The Morgan fingerprint density at radius 2 is 0.768 bits per heavy atom.